The lowest BCUT2D eigenvalue weighted by molar-refractivity contribution is -0.104. The van der Waals surface area contributed by atoms with Gasteiger partial charge in [-0.05, 0) is 25.8 Å². The van der Waals surface area contributed by atoms with Gasteiger partial charge in [-0.1, -0.05) is 18.9 Å². The van der Waals surface area contributed by atoms with E-state index in [-0.39, 0.29) is 6.10 Å². The molecule has 12 heavy (non-hydrogen) atoms. The normalized spacial score (nSPS) is 14.4. The van der Waals surface area contributed by atoms with Crippen molar-refractivity contribution >= 4 is 6.29 Å². The van der Waals surface area contributed by atoms with Crippen molar-refractivity contribution in [3.8, 4) is 0 Å². The van der Waals surface area contributed by atoms with Crippen LogP contribution in [0, 0.1) is 0 Å². The average Bonchev–Trinajstić information content (AvgIpc) is 2.04. The second-order valence-corrected chi connectivity index (χ2v) is 3.00. The van der Waals surface area contributed by atoms with Crippen molar-refractivity contribution in [3.05, 3.63) is 11.6 Å². The fourth-order valence-corrected chi connectivity index (χ4v) is 1.17. The zero-order valence-electron chi connectivity index (χ0n) is 8.17. The Kier molecular flexibility index (Phi) is 6.67. The zero-order chi connectivity index (χ0) is 9.40. The highest BCUT2D eigenvalue weighted by Crippen LogP contribution is 2.11. The summed E-state index contributed by atoms with van der Waals surface area (Å²) in [5.74, 6) is 0. The van der Waals surface area contributed by atoms with Gasteiger partial charge in [0, 0.05) is 7.11 Å². The van der Waals surface area contributed by atoms with Crippen LogP contribution in [-0.2, 0) is 9.53 Å². The average molecular weight is 170 g/mol. The standard InChI is InChI=1S/C10H18O2/c1-4-5-10(12-3)8-9(2)6-7-11/h6-7,10H,4-5,8H2,1-3H3. The number of carbonyl (C=O) groups is 1. The number of allylic oxidation sites excluding steroid dienone is 1. The number of hydrogen-bond acceptors (Lipinski definition) is 2. The number of aldehydes is 1. The van der Waals surface area contributed by atoms with Crippen LogP contribution < -0.4 is 0 Å². The van der Waals surface area contributed by atoms with E-state index in [0.717, 1.165) is 31.1 Å². The molecule has 0 aliphatic heterocycles. The molecule has 0 amide bonds. The minimum atomic E-state index is 0.270. The smallest absolute Gasteiger partial charge is 0.142 e. The van der Waals surface area contributed by atoms with E-state index in [0.29, 0.717) is 0 Å². The number of ether oxygens (including phenoxy) is 1. The Bertz CT molecular complexity index is 150. The van der Waals surface area contributed by atoms with Crippen LogP contribution in [0.15, 0.2) is 11.6 Å². The lowest BCUT2D eigenvalue weighted by Gasteiger charge is -2.13. The van der Waals surface area contributed by atoms with E-state index in [1.54, 1.807) is 13.2 Å². The number of carbonyl (C=O) groups excluding carboxylic acids is 1. The largest absolute Gasteiger partial charge is 0.381 e. The van der Waals surface area contributed by atoms with Crippen molar-refractivity contribution in [2.45, 2.75) is 39.2 Å². The van der Waals surface area contributed by atoms with Crippen LogP contribution in [0.25, 0.3) is 0 Å². The lowest BCUT2D eigenvalue weighted by Crippen LogP contribution is -2.10. The van der Waals surface area contributed by atoms with Gasteiger partial charge in [0.1, 0.15) is 6.29 Å². The molecule has 2 heteroatoms. The van der Waals surface area contributed by atoms with E-state index in [1.807, 2.05) is 6.92 Å². The summed E-state index contributed by atoms with van der Waals surface area (Å²) in [5, 5.41) is 0. The molecule has 0 heterocycles. The Hall–Kier alpha value is -0.630. The zero-order valence-corrected chi connectivity index (χ0v) is 8.17. The van der Waals surface area contributed by atoms with Gasteiger partial charge in [-0.15, -0.1) is 0 Å². The monoisotopic (exact) mass is 170 g/mol. The summed E-state index contributed by atoms with van der Waals surface area (Å²) in [6.45, 7) is 4.08. The van der Waals surface area contributed by atoms with Crippen molar-refractivity contribution < 1.29 is 9.53 Å². The summed E-state index contributed by atoms with van der Waals surface area (Å²) in [4.78, 5) is 10.1. The van der Waals surface area contributed by atoms with Gasteiger partial charge < -0.3 is 4.74 Å². The first-order valence-corrected chi connectivity index (χ1v) is 4.38. The molecule has 0 saturated heterocycles. The third kappa shape index (κ3) is 5.08. The van der Waals surface area contributed by atoms with Gasteiger partial charge in [-0.3, -0.25) is 4.79 Å². The second-order valence-electron chi connectivity index (χ2n) is 3.00. The van der Waals surface area contributed by atoms with E-state index < -0.39 is 0 Å². The molecule has 0 radical (unpaired) electrons. The maximum absolute atomic E-state index is 10.1. The third-order valence-corrected chi connectivity index (χ3v) is 1.85. The molecule has 0 saturated carbocycles. The molecule has 0 fully saturated rings. The van der Waals surface area contributed by atoms with E-state index >= 15 is 0 Å². The molecule has 0 N–H and O–H groups in total. The first-order valence-electron chi connectivity index (χ1n) is 4.38. The van der Waals surface area contributed by atoms with Crippen molar-refractivity contribution in [1.82, 2.24) is 0 Å². The first-order chi connectivity index (χ1) is 5.74. The fraction of sp³-hybridized carbons (Fsp3) is 0.700. The third-order valence-electron chi connectivity index (χ3n) is 1.85. The lowest BCUT2D eigenvalue weighted by atomic mass is 10.1. The molecule has 0 rings (SSSR count). The molecule has 0 aliphatic rings. The Morgan fingerprint density at radius 3 is 2.67 bits per heavy atom. The summed E-state index contributed by atoms with van der Waals surface area (Å²) in [6.07, 6.45) is 5.73. The highest BCUT2D eigenvalue weighted by Gasteiger charge is 2.05. The number of rotatable bonds is 6. The first kappa shape index (κ1) is 11.4. The van der Waals surface area contributed by atoms with Crippen LogP contribution in [0.5, 0.6) is 0 Å². The molecule has 0 aromatic heterocycles. The van der Waals surface area contributed by atoms with Gasteiger partial charge in [0.2, 0.25) is 0 Å². The maximum atomic E-state index is 10.1. The molecule has 0 aromatic rings. The summed E-state index contributed by atoms with van der Waals surface area (Å²) in [7, 11) is 1.72. The van der Waals surface area contributed by atoms with Gasteiger partial charge in [0.05, 0.1) is 6.10 Å². The minimum absolute atomic E-state index is 0.270. The number of methoxy groups -OCH3 is 1. The van der Waals surface area contributed by atoms with Crippen LogP contribution >= 0.6 is 0 Å². The van der Waals surface area contributed by atoms with Crippen LogP contribution in [0.2, 0.25) is 0 Å². The Balaban J connectivity index is 3.83. The maximum Gasteiger partial charge on any atom is 0.142 e. The van der Waals surface area contributed by atoms with Crippen LogP contribution in [-0.4, -0.2) is 19.5 Å². The van der Waals surface area contributed by atoms with Crippen LogP contribution in [0.1, 0.15) is 33.1 Å². The predicted molar refractivity (Wildman–Crippen MR) is 50.1 cm³/mol. The Labute approximate surface area is 74.6 Å². The summed E-state index contributed by atoms with van der Waals surface area (Å²) < 4.78 is 5.25. The van der Waals surface area contributed by atoms with Crippen molar-refractivity contribution in [2.24, 2.45) is 0 Å². The van der Waals surface area contributed by atoms with Crippen molar-refractivity contribution in [2.75, 3.05) is 7.11 Å². The van der Waals surface area contributed by atoms with E-state index in [4.69, 9.17) is 4.74 Å². The van der Waals surface area contributed by atoms with Crippen molar-refractivity contribution in [3.63, 3.8) is 0 Å². The SMILES string of the molecule is CCCC(CC(C)=CC=O)OC. The van der Waals surface area contributed by atoms with Gasteiger partial charge in [-0.2, -0.15) is 0 Å². The van der Waals surface area contributed by atoms with E-state index in [2.05, 4.69) is 6.92 Å². The summed E-state index contributed by atoms with van der Waals surface area (Å²) >= 11 is 0. The topological polar surface area (TPSA) is 26.3 Å². The van der Waals surface area contributed by atoms with Crippen LogP contribution in [0.4, 0.5) is 0 Å². The van der Waals surface area contributed by atoms with Gasteiger partial charge in [-0.25, -0.2) is 0 Å². The highest BCUT2D eigenvalue weighted by atomic mass is 16.5. The molecular weight excluding hydrogens is 152 g/mol. The molecule has 2 nitrogen and oxygen atoms in total. The molecular formula is C10H18O2. The van der Waals surface area contributed by atoms with E-state index in [1.165, 1.54) is 0 Å². The highest BCUT2D eigenvalue weighted by molar-refractivity contribution is 5.65. The van der Waals surface area contributed by atoms with Crippen LogP contribution in [0.3, 0.4) is 0 Å². The quantitative estimate of drug-likeness (QED) is 0.452. The summed E-state index contributed by atoms with van der Waals surface area (Å²) in [5.41, 5.74) is 1.09. The fourth-order valence-electron chi connectivity index (χ4n) is 1.17. The molecule has 0 spiro atoms. The molecule has 0 aromatic carbocycles. The Morgan fingerprint density at radius 2 is 2.25 bits per heavy atom. The summed E-state index contributed by atoms with van der Waals surface area (Å²) in [6, 6.07) is 0. The molecule has 1 unspecified atom stereocenters. The molecule has 1 atom stereocenters. The van der Waals surface area contributed by atoms with Gasteiger partial charge >= 0.3 is 0 Å². The molecule has 0 bridgehead atoms. The van der Waals surface area contributed by atoms with E-state index in [9.17, 15) is 4.79 Å². The number of hydrogen-bond donors (Lipinski definition) is 0. The second kappa shape index (κ2) is 7.04. The van der Waals surface area contributed by atoms with Gasteiger partial charge in [0.25, 0.3) is 0 Å². The van der Waals surface area contributed by atoms with Crippen molar-refractivity contribution in [1.29, 1.82) is 0 Å². The minimum Gasteiger partial charge on any atom is -0.381 e. The van der Waals surface area contributed by atoms with Gasteiger partial charge in [0.15, 0.2) is 0 Å². The molecule has 70 valence electrons. The predicted octanol–water partition coefficient (Wildman–Crippen LogP) is 2.34. The Morgan fingerprint density at radius 1 is 1.58 bits per heavy atom. The molecule has 0 aliphatic carbocycles.